The summed E-state index contributed by atoms with van der Waals surface area (Å²) in [6.07, 6.45) is 9.61. The van der Waals surface area contributed by atoms with Crippen LogP contribution in [0, 0.1) is 31.6 Å². The molecule has 2 heterocycles. The molecule has 0 aliphatic heterocycles. The highest BCUT2D eigenvalue weighted by Gasteiger charge is 2.53. The number of carbonyl (C=O) groups excluding carboxylic acids is 1. The van der Waals surface area contributed by atoms with Gasteiger partial charge in [-0.3, -0.25) is 9.48 Å². The van der Waals surface area contributed by atoms with Crippen LogP contribution in [0.1, 0.15) is 60.4 Å². The van der Waals surface area contributed by atoms with Crippen molar-refractivity contribution in [1.82, 2.24) is 24.5 Å². The monoisotopic (exact) mass is 367 g/mol. The maximum absolute atomic E-state index is 13.2. The Morgan fingerprint density at radius 2 is 1.78 bits per heavy atom. The Balaban J connectivity index is 1.34. The summed E-state index contributed by atoms with van der Waals surface area (Å²) < 4.78 is 3.72. The smallest absolute Gasteiger partial charge is 0.274 e. The standard InChI is InChI=1S/C21H29N5O/c1-14-6-15(2)26(22-14)13-25-5-4-19(23-25)20(27)24(3)21-10-16-7-17(11-21)9-18(8-16)12-21/h4-6,16-18H,7-13H2,1-3H3. The third-order valence-electron chi connectivity index (χ3n) is 7.26. The summed E-state index contributed by atoms with van der Waals surface area (Å²) in [4.78, 5) is 15.3. The minimum atomic E-state index is 0.0732. The summed E-state index contributed by atoms with van der Waals surface area (Å²) in [5.74, 6) is 2.56. The molecule has 144 valence electrons. The van der Waals surface area contributed by atoms with E-state index in [4.69, 9.17) is 0 Å². The molecule has 0 unspecified atom stereocenters. The summed E-state index contributed by atoms with van der Waals surface area (Å²) in [7, 11) is 2.01. The number of hydrogen-bond donors (Lipinski definition) is 0. The van der Waals surface area contributed by atoms with Crippen LogP contribution >= 0.6 is 0 Å². The first kappa shape index (κ1) is 17.0. The molecule has 4 aliphatic carbocycles. The normalized spacial score (nSPS) is 31.4. The Labute approximate surface area is 160 Å². The minimum Gasteiger partial charge on any atom is -0.335 e. The second-order valence-electron chi connectivity index (χ2n) is 9.31. The van der Waals surface area contributed by atoms with E-state index in [1.807, 2.05) is 42.7 Å². The number of hydrogen-bond acceptors (Lipinski definition) is 3. The lowest BCUT2D eigenvalue weighted by molar-refractivity contribution is -0.0667. The predicted octanol–water partition coefficient (Wildman–Crippen LogP) is 3.24. The van der Waals surface area contributed by atoms with Gasteiger partial charge in [-0.15, -0.1) is 0 Å². The van der Waals surface area contributed by atoms with Crippen LogP contribution in [0.2, 0.25) is 0 Å². The van der Waals surface area contributed by atoms with E-state index in [9.17, 15) is 4.79 Å². The van der Waals surface area contributed by atoms with Gasteiger partial charge in [-0.25, -0.2) is 4.68 Å². The molecule has 0 saturated heterocycles. The van der Waals surface area contributed by atoms with E-state index in [-0.39, 0.29) is 11.4 Å². The summed E-state index contributed by atoms with van der Waals surface area (Å²) in [6, 6.07) is 3.90. The van der Waals surface area contributed by atoms with Gasteiger partial charge in [0.15, 0.2) is 0 Å². The molecular formula is C21H29N5O. The molecule has 2 aromatic rings. The third-order valence-corrected chi connectivity index (χ3v) is 7.26. The number of amides is 1. The van der Waals surface area contributed by atoms with E-state index >= 15 is 0 Å². The first-order valence-electron chi connectivity index (χ1n) is 10.2. The Morgan fingerprint density at radius 3 is 2.33 bits per heavy atom. The molecule has 4 saturated carbocycles. The van der Waals surface area contributed by atoms with Gasteiger partial charge in [-0.2, -0.15) is 10.2 Å². The molecule has 4 bridgehead atoms. The molecule has 0 radical (unpaired) electrons. The molecule has 0 atom stereocenters. The fourth-order valence-corrected chi connectivity index (χ4v) is 6.37. The minimum absolute atomic E-state index is 0.0732. The lowest BCUT2D eigenvalue weighted by Crippen LogP contribution is -2.60. The topological polar surface area (TPSA) is 56.0 Å². The van der Waals surface area contributed by atoms with Gasteiger partial charge >= 0.3 is 0 Å². The molecule has 4 fully saturated rings. The number of aromatic nitrogens is 4. The molecule has 0 spiro atoms. The Kier molecular flexibility index (Phi) is 3.75. The molecular weight excluding hydrogens is 338 g/mol. The van der Waals surface area contributed by atoms with Crippen molar-refractivity contribution in [3.8, 4) is 0 Å². The number of nitrogens with zero attached hydrogens (tertiary/aromatic N) is 5. The van der Waals surface area contributed by atoms with E-state index in [1.54, 1.807) is 4.68 Å². The highest BCUT2D eigenvalue weighted by Crippen LogP contribution is 2.57. The van der Waals surface area contributed by atoms with Crippen LogP contribution in [0.25, 0.3) is 0 Å². The zero-order chi connectivity index (χ0) is 18.8. The van der Waals surface area contributed by atoms with Crippen molar-refractivity contribution in [2.75, 3.05) is 7.05 Å². The van der Waals surface area contributed by atoms with Crippen molar-refractivity contribution in [2.45, 2.75) is 64.6 Å². The van der Waals surface area contributed by atoms with Gasteiger partial charge < -0.3 is 4.90 Å². The van der Waals surface area contributed by atoms with Gasteiger partial charge in [0.25, 0.3) is 5.91 Å². The second-order valence-corrected chi connectivity index (χ2v) is 9.31. The zero-order valence-corrected chi connectivity index (χ0v) is 16.6. The zero-order valence-electron chi connectivity index (χ0n) is 16.6. The first-order chi connectivity index (χ1) is 12.9. The molecule has 6 heteroatoms. The van der Waals surface area contributed by atoms with Crippen LogP contribution in [-0.4, -0.2) is 43.0 Å². The Hall–Kier alpha value is -2.11. The van der Waals surface area contributed by atoms with Gasteiger partial charge in [0, 0.05) is 24.5 Å². The van der Waals surface area contributed by atoms with Crippen LogP contribution in [0.5, 0.6) is 0 Å². The molecule has 4 aliphatic rings. The molecule has 0 aromatic carbocycles. The highest BCUT2D eigenvalue weighted by atomic mass is 16.2. The van der Waals surface area contributed by atoms with Gasteiger partial charge in [-0.1, -0.05) is 0 Å². The average molecular weight is 367 g/mol. The van der Waals surface area contributed by atoms with Gasteiger partial charge in [0.1, 0.15) is 12.4 Å². The van der Waals surface area contributed by atoms with Crippen LogP contribution in [0.15, 0.2) is 18.3 Å². The van der Waals surface area contributed by atoms with Crippen LogP contribution in [0.3, 0.4) is 0 Å². The Morgan fingerprint density at radius 1 is 1.15 bits per heavy atom. The first-order valence-corrected chi connectivity index (χ1v) is 10.2. The summed E-state index contributed by atoms with van der Waals surface area (Å²) in [5, 5.41) is 9.05. The SMILES string of the molecule is Cc1cc(C)n(Cn2ccc(C(=O)N(C)C34CC5CC(CC(C5)C3)C4)n2)n1. The van der Waals surface area contributed by atoms with Crippen LogP contribution in [-0.2, 0) is 6.67 Å². The largest absolute Gasteiger partial charge is 0.335 e. The van der Waals surface area contributed by atoms with Crippen molar-refractivity contribution < 1.29 is 4.79 Å². The third kappa shape index (κ3) is 2.80. The highest BCUT2D eigenvalue weighted by molar-refractivity contribution is 5.92. The molecule has 27 heavy (non-hydrogen) atoms. The van der Waals surface area contributed by atoms with Crippen molar-refractivity contribution in [1.29, 1.82) is 0 Å². The molecule has 1 amide bonds. The lowest BCUT2D eigenvalue weighted by Gasteiger charge is -2.59. The van der Waals surface area contributed by atoms with Gasteiger partial charge in [0.2, 0.25) is 0 Å². The summed E-state index contributed by atoms with van der Waals surface area (Å²) in [6.45, 7) is 4.56. The molecule has 6 rings (SSSR count). The Bertz CT molecular complexity index is 844. The van der Waals surface area contributed by atoms with E-state index in [1.165, 1.54) is 38.5 Å². The van der Waals surface area contributed by atoms with E-state index in [2.05, 4.69) is 16.3 Å². The van der Waals surface area contributed by atoms with Crippen LogP contribution < -0.4 is 0 Å². The van der Waals surface area contributed by atoms with Crippen molar-refractivity contribution in [3.63, 3.8) is 0 Å². The quantitative estimate of drug-likeness (QED) is 0.834. The van der Waals surface area contributed by atoms with Gasteiger partial charge in [0.05, 0.1) is 5.69 Å². The summed E-state index contributed by atoms with van der Waals surface area (Å²) >= 11 is 0. The predicted molar refractivity (Wildman–Crippen MR) is 102 cm³/mol. The molecule has 0 N–H and O–H groups in total. The number of carbonyl (C=O) groups is 1. The molecule has 2 aromatic heterocycles. The fraction of sp³-hybridized carbons (Fsp3) is 0.667. The average Bonchev–Trinajstić information content (AvgIpc) is 3.19. The van der Waals surface area contributed by atoms with Crippen LogP contribution in [0.4, 0.5) is 0 Å². The molecule has 6 nitrogen and oxygen atoms in total. The van der Waals surface area contributed by atoms with Crippen molar-refractivity contribution in [3.05, 3.63) is 35.4 Å². The fourth-order valence-electron chi connectivity index (χ4n) is 6.37. The second kappa shape index (κ2) is 5.94. The maximum Gasteiger partial charge on any atom is 0.274 e. The summed E-state index contributed by atoms with van der Waals surface area (Å²) in [5.41, 5.74) is 2.72. The number of aryl methyl sites for hydroxylation is 2. The van der Waals surface area contributed by atoms with E-state index < -0.39 is 0 Å². The van der Waals surface area contributed by atoms with E-state index in [0.717, 1.165) is 29.1 Å². The van der Waals surface area contributed by atoms with Gasteiger partial charge in [-0.05, 0) is 82.3 Å². The van der Waals surface area contributed by atoms with Crippen molar-refractivity contribution in [2.24, 2.45) is 17.8 Å². The van der Waals surface area contributed by atoms with E-state index in [0.29, 0.717) is 12.4 Å². The lowest BCUT2D eigenvalue weighted by atomic mass is 9.52. The van der Waals surface area contributed by atoms with Crippen molar-refractivity contribution >= 4 is 5.91 Å². The number of rotatable bonds is 4. The maximum atomic E-state index is 13.2.